The lowest BCUT2D eigenvalue weighted by molar-refractivity contribution is -0.124. The Labute approximate surface area is 83.2 Å². The van der Waals surface area contributed by atoms with E-state index in [1.54, 1.807) is 11.6 Å². The van der Waals surface area contributed by atoms with Crippen molar-refractivity contribution in [2.45, 2.75) is 33.7 Å². The molecule has 5 nitrogen and oxygen atoms in total. The van der Waals surface area contributed by atoms with Crippen molar-refractivity contribution in [3.05, 3.63) is 17.0 Å². The Kier molecular flexibility index (Phi) is 2.90. The van der Waals surface area contributed by atoms with E-state index in [0.717, 1.165) is 17.0 Å². The Morgan fingerprint density at radius 2 is 2.07 bits per heavy atom. The van der Waals surface area contributed by atoms with E-state index >= 15 is 0 Å². The number of rotatable bonds is 2. The van der Waals surface area contributed by atoms with Crippen molar-refractivity contribution in [3.63, 3.8) is 0 Å². The molecule has 0 aliphatic carbocycles. The summed E-state index contributed by atoms with van der Waals surface area (Å²) in [6.45, 7) is 7.61. The predicted molar refractivity (Wildman–Crippen MR) is 53.5 cm³/mol. The Bertz CT molecular complexity index is 356. The van der Waals surface area contributed by atoms with E-state index in [-0.39, 0.29) is 11.9 Å². The third-order valence-electron chi connectivity index (χ3n) is 2.58. The fourth-order valence-electron chi connectivity index (χ4n) is 1.35. The molecule has 0 aromatic carbocycles. The van der Waals surface area contributed by atoms with Gasteiger partial charge in [-0.1, -0.05) is 0 Å². The fraction of sp³-hybridized carbons (Fsp3) is 0.556. The van der Waals surface area contributed by atoms with Crippen LogP contribution in [-0.2, 0) is 4.79 Å². The van der Waals surface area contributed by atoms with Crippen molar-refractivity contribution in [3.8, 4) is 0 Å². The number of hydrogen-bond donors (Lipinski definition) is 2. The lowest BCUT2D eigenvalue weighted by atomic mass is 10.2. The van der Waals surface area contributed by atoms with Crippen molar-refractivity contribution >= 4 is 5.91 Å². The Morgan fingerprint density at radius 3 is 2.43 bits per heavy atom. The summed E-state index contributed by atoms with van der Waals surface area (Å²) in [5, 5.41) is 4.28. The summed E-state index contributed by atoms with van der Waals surface area (Å²) in [6, 6.07) is -0.368. The zero-order chi connectivity index (χ0) is 10.9. The molecule has 0 spiro atoms. The molecule has 0 fully saturated rings. The van der Waals surface area contributed by atoms with Gasteiger partial charge < -0.3 is 0 Å². The molecule has 3 N–H and O–H groups in total. The summed E-state index contributed by atoms with van der Waals surface area (Å²) in [5.74, 6) is 4.82. The van der Waals surface area contributed by atoms with Crippen LogP contribution in [0.5, 0.6) is 0 Å². The zero-order valence-electron chi connectivity index (χ0n) is 8.96. The summed E-state index contributed by atoms with van der Waals surface area (Å²) >= 11 is 0. The summed E-state index contributed by atoms with van der Waals surface area (Å²) in [4.78, 5) is 11.3. The van der Waals surface area contributed by atoms with Gasteiger partial charge in [0.1, 0.15) is 6.04 Å². The number of nitrogens with zero attached hydrogens (tertiary/aromatic N) is 2. The minimum atomic E-state index is -0.368. The predicted octanol–water partition coefficient (Wildman–Crippen LogP) is 0.359. The van der Waals surface area contributed by atoms with Gasteiger partial charge in [-0.15, -0.1) is 0 Å². The van der Waals surface area contributed by atoms with Crippen LogP contribution >= 0.6 is 0 Å². The molecule has 0 bridgehead atoms. The quantitative estimate of drug-likeness (QED) is 0.407. The average molecular weight is 196 g/mol. The second kappa shape index (κ2) is 3.79. The molecule has 1 amide bonds. The van der Waals surface area contributed by atoms with Crippen LogP contribution in [0.1, 0.15) is 29.9 Å². The van der Waals surface area contributed by atoms with Crippen LogP contribution in [0.15, 0.2) is 0 Å². The maximum Gasteiger partial charge on any atom is 0.258 e. The summed E-state index contributed by atoms with van der Waals surface area (Å²) in [6.07, 6.45) is 0. The zero-order valence-corrected chi connectivity index (χ0v) is 8.96. The summed E-state index contributed by atoms with van der Waals surface area (Å²) in [5.41, 5.74) is 5.17. The Morgan fingerprint density at radius 1 is 1.50 bits per heavy atom. The van der Waals surface area contributed by atoms with Gasteiger partial charge in [-0.3, -0.25) is 14.9 Å². The highest BCUT2D eigenvalue weighted by atomic mass is 16.2. The monoisotopic (exact) mass is 196 g/mol. The van der Waals surface area contributed by atoms with Gasteiger partial charge in [0, 0.05) is 5.69 Å². The number of hydrogen-bond acceptors (Lipinski definition) is 3. The minimum Gasteiger partial charge on any atom is -0.292 e. The number of nitrogens with two attached hydrogens (primary N) is 1. The van der Waals surface area contributed by atoms with Crippen molar-refractivity contribution in [1.29, 1.82) is 0 Å². The van der Waals surface area contributed by atoms with Crippen LogP contribution in [-0.4, -0.2) is 15.7 Å². The van der Waals surface area contributed by atoms with Crippen LogP contribution in [0, 0.1) is 20.8 Å². The number of carbonyl (C=O) groups is 1. The highest BCUT2D eigenvalue weighted by molar-refractivity contribution is 5.79. The molecule has 1 unspecified atom stereocenters. The number of nitrogens with one attached hydrogen (secondary N) is 1. The van der Waals surface area contributed by atoms with Crippen LogP contribution in [0.3, 0.4) is 0 Å². The molecule has 1 rings (SSSR count). The molecular formula is C9H16N4O. The molecule has 0 saturated carbocycles. The molecule has 0 aliphatic heterocycles. The van der Waals surface area contributed by atoms with Gasteiger partial charge in [-0.05, 0) is 33.3 Å². The van der Waals surface area contributed by atoms with E-state index in [2.05, 4.69) is 10.5 Å². The van der Waals surface area contributed by atoms with Crippen LogP contribution in [0.4, 0.5) is 0 Å². The molecule has 0 aliphatic rings. The van der Waals surface area contributed by atoms with Crippen molar-refractivity contribution in [2.24, 2.45) is 5.84 Å². The van der Waals surface area contributed by atoms with Crippen molar-refractivity contribution in [2.75, 3.05) is 0 Å². The SMILES string of the molecule is Cc1nn(C(C)C(=O)NN)c(C)c1C. The lowest BCUT2D eigenvalue weighted by Gasteiger charge is -2.12. The maximum atomic E-state index is 11.3. The molecule has 0 saturated heterocycles. The van der Waals surface area contributed by atoms with Crippen molar-refractivity contribution < 1.29 is 4.79 Å². The normalized spacial score (nSPS) is 12.6. The molecular weight excluding hydrogens is 180 g/mol. The Hall–Kier alpha value is -1.36. The van der Waals surface area contributed by atoms with Crippen LogP contribution in [0.2, 0.25) is 0 Å². The van der Waals surface area contributed by atoms with Gasteiger partial charge in [0.05, 0.1) is 5.69 Å². The molecule has 78 valence electrons. The molecule has 14 heavy (non-hydrogen) atoms. The number of amides is 1. The molecule has 1 aromatic rings. The number of aromatic nitrogens is 2. The first-order chi connectivity index (χ1) is 6.49. The molecule has 0 radical (unpaired) electrons. The van der Waals surface area contributed by atoms with Crippen LogP contribution in [0.25, 0.3) is 0 Å². The summed E-state index contributed by atoms with van der Waals surface area (Å²) in [7, 11) is 0. The largest absolute Gasteiger partial charge is 0.292 e. The third kappa shape index (κ3) is 1.63. The standard InChI is InChI=1S/C9H16N4O/c1-5-6(2)12-13(7(5)3)8(4)9(14)11-10/h8H,10H2,1-4H3,(H,11,14). The lowest BCUT2D eigenvalue weighted by Crippen LogP contribution is -2.36. The van der Waals surface area contributed by atoms with Gasteiger partial charge >= 0.3 is 0 Å². The van der Waals surface area contributed by atoms with E-state index < -0.39 is 0 Å². The highest BCUT2D eigenvalue weighted by Gasteiger charge is 2.18. The number of aryl methyl sites for hydroxylation is 1. The number of hydrazine groups is 1. The second-order valence-corrected chi connectivity index (χ2v) is 3.42. The second-order valence-electron chi connectivity index (χ2n) is 3.42. The first-order valence-corrected chi connectivity index (χ1v) is 4.51. The highest BCUT2D eigenvalue weighted by Crippen LogP contribution is 2.15. The third-order valence-corrected chi connectivity index (χ3v) is 2.58. The molecule has 1 heterocycles. The smallest absolute Gasteiger partial charge is 0.258 e. The van der Waals surface area contributed by atoms with E-state index in [1.807, 2.05) is 20.8 Å². The number of carbonyl (C=O) groups excluding carboxylic acids is 1. The average Bonchev–Trinajstić information content (AvgIpc) is 2.43. The minimum absolute atomic E-state index is 0.240. The fourth-order valence-corrected chi connectivity index (χ4v) is 1.35. The van der Waals surface area contributed by atoms with Gasteiger partial charge in [-0.2, -0.15) is 5.10 Å². The first kappa shape index (κ1) is 10.7. The van der Waals surface area contributed by atoms with Crippen LogP contribution < -0.4 is 11.3 Å². The van der Waals surface area contributed by atoms with Gasteiger partial charge in [0.15, 0.2) is 0 Å². The summed E-state index contributed by atoms with van der Waals surface area (Å²) < 4.78 is 1.69. The molecule has 5 heteroatoms. The topological polar surface area (TPSA) is 72.9 Å². The Balaban J connectivity index is 3.07. The van der Waals surface area contributed by atoms with E-state index in [4.69, 9.17) is 5.84 Å². The van der Waals surface area contributed by atoms with Gasteiger partial charge in [0.25, 0.3) is 5.91 Å². The van der Waals surface area contributed by atoms with E-state index in [9.17, 15) is 4.79 Å². The van der Waals surface area contributed by atoms with Gasteiger partial charge in [-0.25, -0.2) is 5.84 Å². The molecule has 1 aromatic heterocycles. The van der Waals surface area contributed by atoms with E-state index in [0.29, 0.717) is 0 Å². The van der Waals surface area contributed by atoms with Gasteiger partial charge in [0.2, 0.25) is 0 Å². The van der Waals surface area contributed by atoms with E-state index in [1.165, 1.54) is 0 Å². The molecule has 1 atom stereocenters. The first-order valence-electron chi connectivity index (χ1n) is 4.51. The van der Waals surface area contributed by atoms with Crippen molar-refractivity contribution in [1.82, 2.24) is 15.2 Å². The maximum absolute atomic E-state index is 11.3.